The molecule has 0 amide bonds. The molecular formula is C9H13NO2. The minimum atomic E-state index is -0.807. The van der Waals surface area contributed by atoms with Gasteiger partial charge in [0.25, 0.3) is 0 Å². The van der Waals surface area contributed by atoms with Gasteiger partial charge in [0.15, 0.2) is 0 Å². The Morgan fingerprint density at radius 1 is 1.67 bits per heavy atom. The maximum absolute atomic E-state index is 10.5. The fourth-order valence-corrected chi connectivity index (χ4v) is 1.10. The van der Waals surface area contributed by atoms with Crippen LogP contribution in [0, 0.1) is 0 Å². The predicted octanol–water partition coefficient (Wildman–Crippen LogP) is 0.934. The van der Waals surface area contributed by atoms with Gasteiger partial charge in [-0.15, -0.1) is 0 Å². The van der Waals surface area contributed by atoms with Crippen LogP contribution in [0.3, 0.4) is 0 Å². The van der Waals surface area contributed by atoms with Crippen LogP contribution < -0.4 is 5.32 Å². The Hall–Kier alpha value is -1.09. The second kappa shape index (κ2) is 4.07. The standard InChI is InChI=1S/C9H13NO2/c1-7(9(11)12)10-8-5-3-2-4-6-8/h2-5,7-8,10H,6H2,1H3,(H,11,12). The summed E-state index contributed by atoms with van der Waals surface area (Å²) >= 11 is 0. The van der Waals surface area contributed by atoms with Crippen molar-refractivity contribution in [3.05, 3.63) is 24.3 Å². The Labute approximate surface area is 71.8 Å². The molecule has 3 nitrogen and oxygen atoms in total. The first-order valence-electron chi connectivity index (χ1n) is 4.02. The summed E-state index contributed by atoms with van der Waals surface area (Å²) < 4.78 is 0. The van der Waals surface area contributed by atoms with E-state index in [1.54, 1.807) is 6.92 Å². The van der Waals surface area contributed by atoms with Crippen LogP contribution in [0.15, 0.2) is 24.3 Å². The van der Waals surface area contributed by atoms with E-state index in [0.29, 0.717) is 0 Å². The molecule has 0 fully saturated rings. The van der Waals surface area contributed by atoms with Gasteiger partial charge in [-0.3, -0.25) is 10.1 Å². The van der Waals surface area contributed by atoms with Crippen molar-refractivity contribution in [3.8, 4) is 0 Å². The average Bonchev–Trinajstić information content (AvgIpc) is 2.06. The van der Waals surface area contributed by atoms with Gasteiger partial charge in [-0.25, -0.2) is 0 Å². The Kier molecular flexibility index (Phi) is 3.05. The van der Waals surface area contributed by atoms with Gasteiger partial charge < -0.3 is 5.11 Å². The van der Waals surface area contributed by atoms with E-state index in [-0.39, 0.29) is 6.04 Å². The number of aliphatic carboxylic acids is 1. The van der Waals surface area contributed by atoms with Crippen LogP contribution in [-0.4, -0.2) is 23.2 Å². The van der Waals surface area contributed by atoms with E-state index in [9.17, 15) is 4.79 Å². The SMILES string of the molecule is CC(NC1C=CC=CC1)C(=O)O. The van der Waals surface area contributed by atoms with Crippen molar-refractivity contribution in [2.24, 2.45) is 0 Å². The molecule has 0 aromatic heterocycles. The second-order valence-electron chi connectivity index (χ2n) is 2.88. The Morgan fingerprint density at radius 3 is 2.92 bits per heavy atom. The molecule has 0 bridgehead atoms. The van der Waals surface area contributed by atoms with E-state index in [1.807, 2.05) is 24.3 Å². The molecule has 3 heteroatoms. The number of nitrogens with one attached hydrogen (secondary N) is 1. The van der Waals surface area contributed by atoms with Crippen molar-refractivity contribution in [1.82, 2.24) is 5.32 Å². The molecule has 0 radical (unpaired) electrons. The third-order valence-corrected chi connectivity index (χ3v) is 1.82. The summed E-state index contributed by atoms with van der Waals surface area (Å²) in [4.78, 5) is 10.5. The molecule has 0 heterocycles. The van der Waals surface area contributed by atoms with E-state index in [0.717, 1.165) is 6.42 Å². The average molecular weight is 167 g/mol. The van der Waals surface area contributed by atoms with Gasteiger partial charge in [0.1, 0.15) is 6.04 Å². The van der Waals surface area contributed by atoms with Gasteiger partial charge in [0.05, 0.1) is 0 Å². The minimum absolute atomic E-state index is 0.168. The van der Waals surface area contributed by atoms with Crippen molar-refractivity contribution in [3.63, 3.8) is 0 Å². The zero-order valence-corrected chi connectivity index (χ0v) is 7.03. The number of rotatable bonds is 3. The summed E-state index contributed by atoms with van der Waals surface area (Å²) in [5.41, 5.74) is 0. The van der Waals surface area contributed by atoms with Crippen LogP contribution in [0.5, 0.6) is 0 Å². The van der Waals surface area contributed by atoms with E-state index in [4.69, 9.17) is 5.11 Å². The Morgan fingerprint density at radius 2 is 2.42 bits per heavy atom. The van der Waals surface area contributed by atoms with Crippen molar-refractivity contribution >= 4 is 5.97 Å². The highest BCUT2D eigenvalue weighted by atomic mass is 16.4. The zero-order chi connectivity index (χ0) is 8.97. The lowest BCUT2D eigenvalue weighted by molar-refractivity contribution is -0.139. The largest absolute Gasteiger partial charge is 0.480 e. The molecule has 1 aliphatic carbocycles. The van der Waals surface area contributed by atoms with Gasteiger partial charge in [-0.1, -0.05) is 24.3 Å². The van der Waals surface area contributed by atoms with Crippen molar-refractivity contribution in [2.75, 3.05) is 0 Å². The normalized spacial score (nSPS) is 23.9. The van der Waals surface area contributed by atoms with Crippen molar-refractivity contribution in [1.29, 1.82) is 0 Å². The van der Waals surface area contributed by atoms with Gasteiger partial charge in [0.2, 0.25) is 0 Å². The van der Waals surface area contributed by atoms with E-state index in [2.05, 4.69) is 5.32 Å². The van der Waals surface area contributed by atoms with Crippen LogP contribution >= 0.6 is 0 Å². The zero-order valence-electron chi connectivity index (χ0n) is 7.03. The predicted molar refractivity (Wildman–Crippen MR) is 46.9 cm³/mol. The number of hydrogen-bond donors (Lipinski definition) is 2. The van der Waals surface area contributed by atoms with Crippen molar-refractivity contribution < 1.29 is 9.90 Å². The molecule has 2 unspecified atom stereocenters. The maximum atomic E-state index is 10.5. The van der Waals surface area contributed by atoms with Crippen LogP contribution in [0.25, 0.3) is 0 Å². The summed E-state index contributed by atoms with van der Waals surface area (Å²) in [7, 11) is 0. The summed E-state index contributed by atoms with van der Waals surface area (Å²) in [6.45, 7) is 1.65. The summed E-state index contributed by atoms with van der Waals surface area (Å²) in [5, 5.41) is 11.6. The lowest BCUT2D eigenvalue weighted by atomic mass is 10.1. The summed E-state index contributed by atoms with van der Waals surface area (Å²) in [6.07, 6.45) is 8.75. The van der Waals surface area contributed by atoms with Gasteiger partial charge in [-0.05, 0) is 13.3 Å². The maximum Gasteiger partial charge on any atom is 0.320 e. The number of allylic oxidation sites excluding steroid dienone is 2. The van der Waals surface area contributed by atoms with Gasteiger partial charge in [0, 0.05) is 6.04 Å². The highest BCUT2D eigenvalue weighted by Crippen LogP contribution is 2.03. The first kappa shape index (κ1) is 9.00. The number of carboxylic acids is 1. The Bertz CT molecular complexity index is 221. The first-order chi connectivity index (χ1) is 5.70. The van der Waals surface area contributed by atoms with Crippen LogP contribution in [-0.2, 0) is 4.79 Å². The Balaban J connectivity index is 2.36. The molecule has 1 rings (SSSR count). The third-order valence-electron chi connectivity index (χ3n) is 1.82. The molecule has 0 aromatic rings. The third kappa shape index (κ3) is 2.51. The molecule has 0 spiro atoms. The second-order valence-corrected chi connectivity index (χ2v) is 2.88. The van der Waals surface area contributed by atoms with Gasteiger partial charge in [-0.2, -0.15) is 0 Å². The van der Waals surface area contributed by atoms with Crippen LogP contribution in [0.1, 0.15) is 13.3 Å². The molecule has 66 valence electrons. The minimum Gasteiger partial charge on any atom is -0.480 e. The molecular weight excluding hydrogens is 154 g/mol. The van der Waals surface area contributed by atoms with Crippen molar-refractivity contribution in [2.45, 2.75) is 25.4 Å². The van der Waals surface area contributed by atoms with Crippen LogP contribution in [0.2, 0.25) is 0 Å². The molecule has 0 saturated carbocycles. The number of carboxylic acid groups (broad SMARTS) is 1. The fraction of sp³-hybridized carbons (Fsp3) is 0.444. The molecule has 0 saturated heterocycles. The highest BCUT2D eigenvalue weighted by molar-refractivity contribution is 5.72. The monoisotopic (exact) mass is 167 g/mol. The molecule has 2 N–H and O–H groups in total. The molecule has 12 heavy (non-hydrogen) atoms. The lowest BCUT2D eigenvalue weighted by Gasteiger charge is -2.17. The lowest BCUT2D eigenvalue weighted by Crippen LogP contribution is -2.40. The highest BCUT2D eigenvalue weighted by Gasteiger charge is 2.14. The summed E-state index contributed by atoms with van der Waals surface area (Å²) in [5.74, 6) is -0.807. The quantitative estimate of drug-likeness (QED) is 0.657. The summed E-state index contributed by atoms with van der Waals surface area (Å²) in [6, 6.07) is -0.313. The number of hydrogen-bond acceptors (Lipinski definition) is 2. The molecule has 2 atom stereocenters. The van der Waals surface area contributed by atoms with E-state index in [1.165, 1.54) is 0 Å². The first-order valence-corrected chi connectivity index (χ1v) is 4.02. The van der Waals surface area contributed by atoms with E-state index >= 15 is 0 Å². The molecule has 0 aliphatic heterocycles. The number of carbonyl (C=O) groups is 1. The smallest absolute Gasteiger partial charge is 0.320 e. The van der Waals surface area contributed by atoms with E-state index < -0.39 is 12.0 Å². The van der Waals surface area contributed by atoms with Gasteiger partial charge >= 0.3 is 5.97 Å². The molecule has 0 aromatic carbocycles. The molecule has 1 aliphatic rings. The topological polar surface area (TPSA) is 49.3 Å². The fourth-order valence-electron chi connectivity index (χ4n) is 1.10. The van der Waals surface area contributed by atoms with Crippen LogP contribution in [0.4, 0.5) is 0 Å².